The standard InChI is InChI=1S/C19H20N2O3/c20-13-17(22)21-12-11-16(14-7-3-1-4-8-14)19(21,18(23)24)15-9-5-2-6-10-15/h1-10,16H,11-13,20H2,(H,23,24)/t16?,19-/m0/s1. The summed E-state index contributed by atoms with van der Waals surface area (Å²) in [7, 11) is 0. The molecule has 1 aliphatic rings. The van der Waals surface area contributed by atoms with Crippen molar-refractivity contribution in [3.05, 3.63) is 71.8 Å². The maximum absolute atomic E-state index is 12.5. The first-order valence-corrected chi connectivity index (χ1v) is 7.96. The number of hydrogen-bond donors (Lipinski definition) is 2. The molecule has 2 atom stereocenters. The van der Waals surface area contributed by atoms with E-state index in [-0.39, 0.29) is 18.4 Å². The minimum atomic E-state index is -1.43. The third kappa shape index (κ3) is 2.37. The Morgan fingerprint density at radius 2 is 1.67 bits per heavy atom. The molecule has 1 unspecified atom stereocenters. The van der Waals surface area contributed by atoms with E-state index in [2.05, 4.69) is 0 Å². The summed E-state index contributed by atoms with van der Waals surface area (Å²) in [4.78, 5) is 26.4. The topological polar surface area (TPSA) is 83.6 Å². The molecule has 1 saturated heterocycles. The van der Waals surface area contributed by atoms with Crippen LogP contribution in [0.5, 0.6) is 0 Å². The van der Waals surface area contributed by atoms with Gasteiger partial charge in [0.05, 0.1) is 6.54 Å². The summed E-state index contributed by atoms with van der Waals surface area (Å²) in [5.41, 5.74) is 5.64. The zero-order valence-corrected chi connectivity index (χ0v) is 13.3. The fraction of sp³-hybridized carbons (Fsp3) is 0.263. The monoisotopic (exact) mass is 324 g/mol. The third-order valence-corrected chi connectivity index (χ3v) is 4.79. The average molecular weight is 324 g/mol. The lowest BCUT2D eigenvalue weighted by Crippen LogP contribution is -2.54. The Morgan fingerprint density at radius 3 is 2.21 bits per heavy atom. The van der Waals surface area contributed by atoms with Crippen LogP contribution in [0.3, 0.4) is 0 Å². The number of carbonyl (C=O) groups is 2. The molecular formula is C19H20N2O3. The van der Waals surface area contributed by atoms with Crippen molar-refractivity contribution in [2.24, 2.45) is 5.73 Å². The molecule has 0 saturated carbocycles. The van der Waals surface area contributed by atoms with Crippen LogP contribution in [0.15, 0.2) is 60.7 Å². The van der Waals surface area contributed by atoms with Crippen LogP contribution in [0.25, 0.3) is 0 Å². The van der Waals surface area contributed by atoms with Crippen molar-refractivity contribution >= 4 is 11.9 Å². The fourth-order valence-electron chi connectivity index (χ4n) is 3.79. The van der Waals surface area contributed by atoms with Gasteiger partial charge in [0.25, 0.3) is 0 Å². The Morgan fingerprint density at radius 1 is 1.08 bits per heavy atom. The van der Waals surface area contributed by atoms with Gasteiger partial charge in [0.2, 0.25) is 5.91 Å². The fourth-order valence-corrected chi connectivity index (χ4v) is 3.79. The molecule has 3 N–H and O–H groups in total. The van der Waals surface area contributed by atoms with Crippen LogP contribution in [0.4, 0.5) is 0 Å². The van der Waals surface area contributed by atoms with E-state index in [0.29, 0.717) is 18.5 Å². The van der Waals surface area contributed by atoms with Crippen LogP contribution in [-0.4, -0.2) is 35.0 Å². The highest BCUT2D eigenvalue weighted by atomic mass is 16.4. The molecule has 0 aliphatic carbocycles. The first-order valence-electron chi connectivity index (χ1n) is 7.96. The van der Waals surface area contributed by atoms with E-state index in [9.17, 15) is 14.7 Å². The second-order valence-corrected chi connectivity index (χ2v) is 5.94. The summed E-state index contributed by atoms with van der Waals surface area (Å²) < 4.78 is 0. The maximum atomic E-state index is 12.5. The summed E-state index contributed by atoms with van der Waals surface area (Å²) in [6.07, 6.45) is 0.580. The maximum Gasteiger partial charge on any atom is 0.335 e. The highest BCUT2D eigenvalue weighted by Crippen LogP contribution is 2.49. The minimum absolute atomic E-state index is 0.205. The van der Waals surface area contributed by atoms with Crippen molar-refractivity contribution in [3.8, 4) is 0 Å². The summed E-state index contributed by atoms with van der Waals surface area (Å²) >= 11 is 0. The van der Waals surface area contributed by atoms with Crippen molar-refractivity contribution in [1.82, 2.24) is 4.90 Å². The lowest BCUT2D eigenvalue weighted by Gasteiger charge is -2.39. The van der Waals surface area contributed by atoms with Crippen LogP contribution < -0.4 is 5.73 Å². The Kier molecular flexibility index (Phi) is 4.36. The van der Waals surface area contributed by atoms with E-state index in [1.807, 2.05) is 36.4 Å². The number of nitrogens with two attached hydrogens (primary N) is 1. The molecule has 5 nitrogen and oxygen atoms in total. The predicted molar refractivity (Wildman–Crippen MR) is 90.3 cm³/mol. The van der Waals surface area contributed by atoms with Crippen LogP contribution in [-0.2, 0) is 15.1 Å². The second-order valence-electron chi connectivity index (χ2n) is 5.94. The molecule has 0 bridgehead atoms. The van der Waals surface area contributed by atoms with Gasteiger partial charge in [-0.05, 0) is 17.5 Å². The summed E-state index contributed by atoms with van der Waals surface area (Å²) in [6.45, 7) is 0.167. The summed E-state index contributed by atoms with van der Waals surface area (Å²) in [5.74, 6) is -1.70. The largest absolute Gasteiger partial charge is 0.479 e. The van der Waals surface area contributed by atoms with Gasteiger partial charge in [-0.2, -0.15) is 0 Å². The van der Waals surface area contributed by atoms with Crippen molar-refractivity contribution in [1.29, 1.82) is 0 Å². The van der Waals surface area contributed by atoms with Gasteiger partial charge in [-0.1, -0.05) is 60.7 Å². The van der Waals surface area contributed by atoms with Gasteiger partial charge in [0.15, 0.2) is 5.54 Å². The molecule has 0 radical (unpaired) electrons. The number of rotatable bonds is 4. The number of likely N-dealkylation sites (tertiary alicyclic amines) is 1. The molecule has 124 valence electrons. The van der Waals surface area contributed by atoms with E-state index < -0.39 is 11.5 Å². The molecule has 2 aromatic rings. The SMILES string of the molecule is NCC(=O)N1CCC(c2ccccc2)[C@]1(C(=O)O)c1ccccc1. The number of nitrogens with zero attached hydrogens (tertiary/aromatic N) is 1. The average Bonchev–Trinajstić information content (AvgIpc) is 3.04. The van der Waals surface area contributed by atoms with Gasteiger partial charge >= 0.3 is 5.97 Å². The van der Waals surface area contributed by atoms with Crippen molar-refractivity contribution in [2.75, 3.05) is 13.1 Å². The van der Waals surface area contributed by atoms with E-state index in [1.165, 1.54) is 4.90 Å². The van der Waals surface area contributed by atoms with Gasteiger partial charge in [-0.3, -0.25) is 4.79 Å². The third-order valence-electron chi connectivity index (χ3n) is 4.79. The number of hydrogen-bond acceptors (Lipinski definition) is 3. The predicted octanol–water partition coefficient (Wildman–Crippen LogP) is 1.94. The molecule has 2 aromatic carbocycles. The number of benzene rings is 2. The number of amides is 1. The van der Waals surface area contributed by atoms with Gasteiger partial charge < -0.3 is 15.7 Å². The van der Waals surface area contributed by atoms with Crippen LogP contribution >= 0.6 is 0 Å². The second kappa shape index (κ2) is 6.45. The summed E-state index contributed by atoms with van der Waals surface area (Å²) in [6, 6.07) is 18.5. The lowest BCUT2D eigenvalue weighted by atomic mass is 9.75. The normalized spacial score (nSPS) is 23.2. The minimum Gasteiger partial charge on any atom is -0.479 e. The zero-order chi connectivity index (χ0) is 17.2. The molecule has 0 aromatic heterocycles. The molecule has 24 heavy (non-hydrogen) atoms. The first kappa shape index (κ1) is 16.2. The molecular weight excluding hydrogens is 304 g/mol. The number of carboxylic acid groups (broad SMARTS) is 1. The number of aliphatic carboxylic acids is 1. The molecule has 1 fully saturated rings. The number of carbonyl (C=O) groups excluding carboxylic acids is 1. The van der Waals surface area contributed by atoms with Crippen molar-refractivity contribution in [2.45, 2.75) is 17.9 Å². The van der Waals surface area contributed by atoms with Crippen LogP contribution in [0, 0.1) is 0 Å². The lowest BCUT2D eigenvalue weighted by molar-refractivity contribution is -0.158. The Bertz CT molecular complexity index is 733. The van der Waals surface area contributed by atoms with E-state index in [4.69, 9.17) is 5.73 Å². The van der Waals surface area contributed by atoms with E-state index in [0.717, 1.165) is 5.56 Å². The smallest absolute Gasteiger partial charge is 0.335 e. The van der Waals surface area contributed by atoms with Gasteiger partial charge in [-0.25, -0.2) is 4.79 Å². The van der Waals surface area contributed by atoms with E-state index in [1.54, 1.807) is 24.3 Å². The zero-order valence-electron chi connectivity index (χ0n) is 13.3. The molecule has 3 rings (SSSR count). The first-order chi connectivity index (χ1) is 11.6. The van der Waals surface area contributed by atoms with Crippen LogP contribution in [0.2, 0.25) is 0 Å². The Labute approximate surface area is 140 Å². The highest BCUT2D eigenvalue weighted by molar-refractivity contribution is 5.91. The molecule has 1 heterocycles. The Balaban J connectivity index is 2.23. The molecule has 1 aliphatic heterocycles. The van der Waals surface area contributed by atoms with Crippen LogP contribution in [0.1, 0.15) is 23.5 Å². The van der Waals surface area contributed by atoms with Gasteiger partial charge in [-0.15, -0.1) is 0 Å². The van der Waals surface area contributed by atoms with E-state index >= 15 is 0 Å². The molecule has 5 heteroatoms. The number of carboxylic acids is 1. The molecule has 1 amide bonds. The van der Waals surface area contributed by atoms with Gasteiger partial charge in [0, 0.05) is 12.5 Å². The van der Waals surface area contributed by atoms with Crippen molar-refractivity contribution in [3.63, 3.8) is 0 Å². The Hall–Kier alpha value is -2.66. The quantitative estimate of drug-likeness (QED) is 0.900. The van der Waals surface area contributed by atoms with Gasteiger partial charge in [0.1, 0.15) is 0 Å². The van der Waals surface area contributed by atoms with Crippen molar-refractivity contribution < 1.29 is 14.7 Å². The summed E-state index contributed by atoms with van der Waals surface area (Å²) in [5, 5.41) is 10.2. The molecule has 0 spiro atoms. The highest BCUT2D eigenvalue weighted by Gasteiger charge is 2.57.